The van der Waals surface area contributed by atoms with Gasteiger partial charge in [0.25, 0.3) is 0 Å². The molecule has 56 valence electrons. The Morgan fingerprint density at radius 3 is 2.90 bits per heavy atom. The maximum Gasteiger partial charge on any atom is 0.219 e. The van der Waals surface area contributed by atoms with Crippen molar-refractivity contribution in [3.63, 3.8) is 0 Å². The van der Waals surface area contributed by atoms with Crippen molar-refractivity contribution in [3.05, 3.63) is 10.6 Å². The van der Waals surface area contributed by atoms with Crippen LogP contribution in [0.5, 0.6) is 0 Å². The average molecular weight is 204 g/mol. The van der Waals surface area contributed by atoms with Gasteiger partial charge in [-0.15, -0.1) is 0 Å². The van der Waals surface area contributed by atoms with Crippen molar-refractivity contribution in [2.45, 2.75) is 13.3 Å². The molecule has 0 radical (unpaired) electrons. The molecular formula is C7H10BrNO. The van der Waals surface area contributed by atoms with Gasteiger partial charge >= 0.3 is 0 Å². The monoisotopic (exact) mass is 203 g/mol. The summed E-state index contributed by atoms with van der Waals surface area (Å²) < 4.78 is 1.21. The zero-order chi connectivity index (χ0) is 7.56. The predicted molar refractivity (Wildman–Crippen MR) is 43.9 cm³/mol. The van der Waals surface area contributed by atoms with E-state index in [1.165, 1.54) is 4.48 Å². The molecular weight excluding hydrogens is 194 g/mol. The molecule has 0 aromatic rings. The number of amides is 1. The van der Waals surface area contributed by atoms with Gasteiger partial charge in [-0.2, -0.15) is 0 Å². The van der Waals surface area contributed by atoms with Crippen LogP contribution in [0.15, 0.2) is 10.6 Å². The van der Waals surface area contributed by atoms with Crippen LogP contribution in [0.2, 0.25) is 0 Å². The van der Waals surface area contributed by atoms with E-state index in [2.05, 4.69) is 15.9 Å². The Balaban J connectivity index is 2.50. The Kier molecular flexibility index (Phi) is 2.49. The van der Waals surface area contributed by atoms with Gasteiger partial charge in [0.15, 0.2) is 0 Å². The van der Waals surface area contributed by atoms with Gasteiger partial charge < -0.3 is 4.90 Å². The molecule has 0 aliphatic carbocycles. The summed E-state index contributed by atoms with van der Waals surface area (Å²) in [5.74, 6) is 0.163. The van der Waals surface area contributed by atoms with E-state index in [1.807, 2.05) is 11.0 Å². The van der Waals surface area contributed by atoms with Gasteiger partial charge in [0.1, 0.15) is 0 Å². The van der Waals surface area contributed by atoms with Crippen LogP contribution in [-0.2, 0) is 4.79 Å². The van der Waals surface area contributed by atoms with E-state index in [9.17, 15) is 4.79 Å². The predicted octanol–water partition coefficient (Wildman–Crippen LogP) is 1.52. The van der Waals surface area contributed by atoms with Crippen LogP contribution in [0.25, 0.3) is 0 Å². The molecule has 0 fully saturated rings. The van der Waals surface area contributed by atoms with E-state index >= 15 is 0 Å². The summed E-state index contributed by atoms with van der Waals surface area (Å²) in [5.41, 5.74) is 0. The highest BCUT2D eigenvalue weighted by Gasteiger charge is 2.11. The molecule has 1 heterocycles. The first-order chi connectivity index (χ1) is 4.70. The van der Waals surface area contributed by atoms with Crippen LogP contribution in [0.1, 0.15) is 13.3 Å². The first-order valence-corrected chi connectivity index (χ1v) is 4.09. The molecule has 0 aromatic carbocycles. The lowest BCUT2D eigenvalue weighted by molar-refractivity contribution is -0.128. The zero-order valence-electron chi connectivity index (χ0n) is 5.93. The maximum atomic E-state index is 10.8. The third-order valence-electron chi connectivity index (χ3n) is 1.60. The summed E-state index contributed by atoms with van der Waals surface area (Å²) in [7, 11) is 0. The summed E-state index contributed by atoms with van der Waals surface area (Å²) in [4.78, 5) is 12.6. The second-order valence-electron chi connectivity index (χ2n) is 2.37. The molecule has 0 atom stereocenters. The van der Waals surface area contributed by atoms with E-state index in [1.54, 1.807) is 6.92 Å². The Morgan fingerprint density at radius 2 is 2.50 bits per heavy atom. The van der Waals surface area contributed by atoms with Crippen LogP contribution in [0.3, 0.4) is 0 Å². The van der Waals surface area contributed by atoms with E-state index in [0.29, 0.717) is 0 Å². The first-order valence-electron chi connectivity index (χ1n) is 3.30. The molecule has 1 aliphatic rings. The summed E-state index contributed by atoms with van der Waals surface area (Å²) in [6, 6.07) is 0. The van der Waals surface area contributed by atoms with Gasteiger partial charge in [-0.3, -0.25) is 4.79 Å². The lowest BCUT2D eigenvalue weighted by Crippen LogP contribution is -2.32. The number of halogens is 1. The second kappa shape index (κ2) is 3.19. The molecule has 0 N–H and O–H groups in total. The minimum absolute atomic E-state index is 0.163. The quantitative estimate of drug-likeness (QED) is 0.585. The summed E-state index contributed by atoms with van der Waals surface area (Å²) in [6.07, 6.45) is 2.99. The van der Waals surface area contributed by atoms with Crippen LogP contribution in [0, 0.1) is 0 Å². The van der Waals surface area contributed by atoms with Crippen molar-refractivity contribution in [2.75, 3.05) is 13.1 Å². The highest BCUT2D eigenvalue weighted by molar-refractivity contribution is 9.11. The largest absolute Gasteiger partial charge is 0.339 e. The van der Waals surface area contributed by atoms with Crippen molar-refractivity contribution in [2.24, 2.45) is 0 Å². The van der Waals surface area contributed by atoms with Gasteiger partial charge in [0, 0.05) is 20.0 Å². The van der Waals surface area contributed by atoms with E-state index in [4.69, 9.17) is 0 Å². The van der Waals surface area contributed by atoms with Gasteiger partial charge in [-0.25, -0.2) is 0 Å². The van der Waals surface area contributed by atoms with Crippen molar-refractivity contribution in [3.8, 4) is 0 Å². The summed E-state index contributed by atoms with van der Waals surface area (Å²) >= 11 is 3.39. The van der Waals surface area contributed by atoms with Crippen molar-refractivity contribution in [1.82, 2.24) is 4.90 Å². The Bertz CT molecular complexity index is 176. The van der Waals surface area contributed by atoms with Crippen LogP contribution >= 0.6 is 15.9 Å². The minimum atomic E-state index is 0.163. The Hall–Kier alpha value is -0.310. The molecule has 0 saturated heterocycles. The smallest absolute Gasteiger partial charge is 0.219 e. The maximum absolute atomic E-state index is 10.8. The van der Waals surface area contributed by atoms with Crippen molar-refractivity contribution < 1.29 is 4.79 Å². The minimum Gasteiger partial charge on any atom is -0.339 e. The van der Waals surface area contributed by atoms with Crippen LogP contribution in [0.4, 0.5) is 0 Å². The van der Waals surface area contributed by atoms with Gasteiger partial charge in [0.2, 0.25) is 5.91 Å². The molecule has 3 heteroatoms. The third kappa shape index (κ3) is 1.84. The van der Waals surface area contributed by atoms with Crippen molar-refractivity contribution >= 4 is 21.8 Å². The summed E-state index contributed by atoms with van der Waals surface area (Å²) in [5, 5.41) is 0. The van der Waals surface area contributed by atoms with Crippen LogP contribution < -0.4 is 0 Å². The van der Waals surface area contributed by atoms with Crippen molar-refractivity contribution in [1.29, 1.82) is 0 Å². The molecule has 1 rings (SSSR count). The molecule has 0 bridgehead atoms. The standard InChI is InChI=1S/C7H10BrNO/c1-6(10)9-4-2-7(8)3-5-9/h2H,3-5H2,1H3. The van der Waals surface area contributed by atoms with E-state index in [0.717, 1.165) is 19.5 Å². The molecule has 10 heavy (non-hydrogen) atoms. The number of hydrogen-bond acceptors (Lipinski definition) is 1. The number of nitrogens with zero attached hydrogens (tertiary/aromatic N) is 1. The molecule has 0 aromatic heterocycles. The van der Waals surface area contributed by atoms with Gasteiger partial charge in [0.05, 0.1) is 0 Å². The fourth-order valence-corrected chi connectivity index (χ4v) is 1.25. The fourth-order valence-electron chi connectivity index (χ4n) is 0.930. The highest BCUT2D eigenvalue weighted by atomic mass is 79.9. The number of rotatable bonds is 0. The van der Waals surface area contributed by atoms with Crippen LogP contribution in [-0.4, -0.2) is 23.9 Å². The highest BCUT2D eigenvalue weighted by Crippen LogP contribution is 2.15. The summed E-state index contributed by atoms with van der Waals surface area (Å²) in [6.45, 7) is 3.22. The second-order valence-corrected chi connectivity index (χ2v) is 3.38. The van der Waals surface area contributed by atoms with Gasteiger partial charge in [-0.1, -0.05) is 22.0 Å². The Morgan fingerprint density at radius 1 is 1.80 bits per heavy atom. The Labute approximate surface area is 69.0 Å². The first kappa shape index (κ1) is 7.79. The number of carbonyl (C=O) groups excluding carboxylic acids is 1. The lowest BCUT2D eigenvalue weighted by atomic mass is 10.2. The van der Waals surface area contributed by atoms with Gasteiger partial charge in [-0.05, 0) is 10.9 Å². The fraction of sp³-hybridized carbons (Fsp3) is 0.571. The molecule has 0 unspecified atom stereocenters. The lowest BCUT2D eigenvalue weighted by Gasteiger charge is -2.22. The zero-order valence-corrected chi connectivity index (χ0v) is 7.52. The number of carbonyl (C=O) groups is 1. The van der Waals surface area contributed by atoms with E-state index in [-0.39, 0.29) is 5.91 Å². The van der Waals surface area contributed by atoms with E-state index < -0.39 is 0 Å². The third-order valence-corrected chi connectivity index (χ3v) is 2.32. The molecule has 1 amide bonds. The number of hydrogen-bond donors (Lipinski definition) is 0. The SMILES string of the molecule is CC(=O)N1CC=C(Br)CC1. The molecule has 1 aliphatic heterocycles. The normalized spacial score (nSPS) is 18.6. The molecule has 2 nitrogen and oxygen atoms in total. The topological polar surface area (TPSA) is 20.3 Å². The average Bonchev–Trinajstić information content (AvgIpc) is 1.88. The molecule has 0 saturated carbocycles. The molecule has 0 spiro atoms.